The average molecular weight is 420 g/mol. The maximum atomic E-state index is 13.0. The first-order chi connectivity index (χ1) is 14.3. The highest BCUT2D eigenvalue weighted by Crippen LogP contribution is 2.44. The Labute approximate surface area is 172 Å². The molecule has 1 atom stereocenters. The van der Waals surface area contributed by atoms with E-state index in [1.165, 1.54) is 6.07 Å². The van der Waals surface area contributed by atoms with E-state index < -0.39 is 18.0 Å². The number of aromatic nitrogens is 2. The molecular weight excluding hydrogens is 397 g/mol. The van der Waals surface area contributed by atoms with E-state index in [0.29, 0.717) is 18.2 Å². The van der Waals surface area contributed by atoms with Crippen LogP contribution in [0.2, 0.25) is 0 Å². The number of hydrogen-bond donors (Lipinski definition) is 2. The molecule has 2 N–H and O–H groups in total. The van der Waals surface area contributed by atoms with E-state index in [-0.39, 0.29) is 11.9 Å². The standard InChI is InChI=1S/C21H23F3N4O2/c1-28-10-15-14(12-2-4-13(30)5-3-12)6-7-16(19(15)17(28)11-29)26-18-8-9-25-20(27-18)21(22,23)24/h6-9,11-13,17,30H,2-5,10H2,1H3,(H,25,26,27). The number of hydrogen-bond acceptors (Lipinski definition) is 6. The van der Waals surface area contributed by atoms with Gasteiger partial charge < -0.3 is 15.2 Å². The Kier molecular flexibility index (Phi) is 5.50. The number of halogens is 3. The Morgan fingerprint density at radius 3 is 2.60 bits per heavy atom. The molecule has 1 fully saturated rings. The lowest BCUT2D eigenvalue weighted by Crippen LogP contribution is -2.18. The summed E-state index contributed by atoms with van der Waals surface area (Å²) in [6, 6.07) is 4.67. The van der Waals surface area contributed by atoms with E-state index in [1.807, 2.05) is 24.1 Å². The third-order valence-electron chi connectivity index (χ3n) is 6.01. The second kappa shape index (κ2) is 7.96. The molecule has 4 rings (SSSR count). The molecule has 9 heteroatoms. The Morgan fingerprint density at radius 2 is 1.93 bits per heavy atom. The molecule has 2 aromatic rings. The fraction of sp³-hybridized carbons (Fsp3) is 0.476. The van der Waals surface area contributed by atoms with E-state index >= 15 is 0 Å². The molecule has 1 aliphatic carbocycles. The minimum absolute atomic E-state index is 0.0206. The minimum atomic E-state index is -4.64. The summed E-state index contributed by atoms with van der Waals surface area (Å²) in [6.45, 7) is 0.584. The number of anilines is 2. The van der Waals surface area contributed by atoms with Crippen LogP contribution in [-0.4, -0.2) is 39.4 Å². The number of aliphatic hydroxyl groups excluding tert-OH is 1. The fourth-order valence-electron chi connectivity index (χ4n) is 4.52. The lowest BCUT2D eigenvalue weighted by Gasteiger charge is -2.28. The van der Waals surface area contributed by atoms with Crippen LogP contribution in [-0.2, 0) is 17.5 Å². The molecule has 0 radical (unpaired) electrons. The smallest absolute Gasteiger partial charge is 0.393 e. The minimum Gasteiger partial charge on any atom is -0.393 e. The van der Waals surface area contributed by atoms with Gasteiger partial charge in [-0.25, -0.2) is 9.97 Å². The molecule has 1 saturated carbocycles. The first-order valence-electron chi connectivity index (χ1n) is 9.94. The van der Waals surface area contributed by atoms with Gasteiger partial charge >= 0.3 is 6.18 Å². The summed E-state index contributed by atoms with van der Waals surface area (Å²) < 4.78 is 38.9. The number of nitrogens with zero attached hydrogens (tertiary/aromatic N) is 3. The zero-order valence-electron chi connectivity index (χ0n) is 16.5. The highest BCUT2D eigenvalue weighted by Gasteiger charge is 2.36. The molecule has 0 saturated heterocycles. The van der Waals surface area contributed by atoms with Gasteiger partial charge in [-0.2, -0.15) is 13.2 Å². The van der Waals surface area contributed by atoms with Gasteiger partial charge in [-0.3, -0.25) is 4.90 Å². The summed E-state index contributed by atoms with van der Waals surface area (Å²) in [5, 5.41) is 12.8. The van der Waals surface area contributed by atoms with Gasteiger partial charge in [0.25, 0.3) is 0 Å². The van der Waals surface area contributed by atoms with E-state index in [4.69, 9.17) is 0 Å². The van der Waals surface area contributed by atoms with Gasteiger partial charge in [-0.1, -0.05) is 6.07 Å². The second-order valence-corrected chi connectivity index (χ2v) is 7.98. The quantitative estimate of drug-likeness (QED) is 0.730. The van der Waals surface area contributed by atoms with Crippen molar-refractivity contribution in [3.8, 4) is 0 Å². The zero-order chi connectivity index (χ0) is 21.5. The lowest BCUT2D eigenvalue weighted by molar-refractivity contribution is -0.144. The van der Waals surface area contributed by atoms with Crippen LogP contribution in [0.4, 0.5) is 24.7 Å². The molecule has 1 aliphatic heterocycles. The number of alkyl halides is 3. The number of fused-ring (bicyclic) bond motifs is 1. The molecule has 2 aliphatic rings. The second-order valence-electron chi connectivity index (χ2n) is 7.98. The van der Waals surface area contributed by atoms with Gasteiger partial charge in [0.15, 0.2) is 0 Å². The number of carbonyl (C=O) groups is 1. The Bertz CT molecular complexity index is 942. The third kappa shape index (κ3) is 3.91. The van der Waals surface area contributed by atoms with E-state index in [9.17, 15) is 23.1 Å². The zero-order valence-corrected chi connectivity index (χ0v) is 16.5. The molecule has 160 valence electrons. The molecule has 1 aromatic heterocycles. The summed E-state index contributed by atoms with van der Waals surface area (Å²) in [5.41, 5.74) is 3.53. The lowest BCUT2D eigenvalue weighted by atomic mass is 9.80. The Balaban J connectivity index is 1.71. The third-order valence-corrected chi connectivity index (χ3v) is 6.01. The predicted molar refractivity (Wildman–Crippen MR) is 104 cm³/mol. The van der Waals surface area contributed by atoms with Gasteiger partial charge in [-0.15, -0.1) is 0 Å². The van der Waals surface area contributed by atoms with Crippen LogP contribution in [0.5, 0.6) is 0 Å². The molecule has 0 amide bonds. The van der Waals surface area contributed by atoms with Crippen molar-refractivity contribution in [2.45, 2.75) is 56.5 Å². The molecule has 0 spiro atoms. The van der Waals surface area contributed by atoms with Gasteiger partial charge in [0.1, 0.15) is 12.1 Å². The number of likely N-dealkylation sites (N-methyl/N-ethyl adjacent to an activating group) is 1. The summed E-state index contributed by atoms with van der Waals surface area (Å²) in [4.78, 5) is 20.6. The Hall–Kier alpha value is -2.52. The van der Waals surface area contributed by atoms with Gasteiger partial charge in [0.2, 0.25) is 5.82 Å². The van der Waals surface area contributed by atoms with Crippen molar-refractivity contribution in [2.75, 3.05) is 12.4 Å². The van der Waals surface area contributed by atoms with Crippen molar-refractivity contribution in [1.29, 1.82) is 0 Å². The van der Waals surface area contributed by atoms with Crippen LogP contribution in [0.1, 0.15) is 60.2 Å². The normalized spacial score (nSPS) is 24.5. The number of aliphatic hydroxyl groups is 1. The number of nitrogens with one attached hydrogen (secondary N) is 1. The average Bonchev–Trinajstić information content (AvgIpc) is 3.05. The molecule has 2 heterocycles. The van der Waals surface area contributed by atoms with E-state index in [1.54, 1.807) is 0 Å². The van der Waals surface area contributed by atoms with Crippen molar-refractivity contribution in [3.63, 3.8) is 0 Å². The highest BCUT2D eigenvalue weighted by molar-refractivity contribution is 5.75. The van der Waals surface area contributed by atoms with Gasteiger partial charge in [0.05, 0.1) is 12.1 Å². The molecule has 30 heavy (non-hydrogen) atoms. The molecule has 1 aromatic carbocycles. The first-order valence-corrected chi connectivity index (χ1v) is 9.94. The van der Waals surface area contributed by atoms with Crippen LogP contribution >= 0.6 is 0 Å². The molecule has 0 bridgehead atoms. The fourth-order valence-corrected chi connectivity index (χ4v) is 4.52. The van der Waals surface area contributed by atoms with Crippen LogP contribution in [0.3, 0.4) is 0 Å². The van der Waals surface area contributed by atoms with E-state index in [2.05, 4.69) is 15.3 Å². The van der Waals surface area contributed by atoms with Crippen LogP contribution in [0.25, 0.3) is 0 Å². The van der Waals surface area contributed by atoms with Crippen molar-refractivity contribution in [2.24, 2.45) is 0 Å². The van der Waals surface area contributed by atoms with Crippen molar-refractivity contribution in [3.05, 3.63) is 46.9 Å². The maximum Gasteiger partial charge on any atom is 0.451 e. The number of benzene rings is 1. The number of carbonyl (C=O) groups excluding carboxylic acids is 1. The molecular formula is C21H23F3N4O2. The van der Waals surface area contributed by atoms with Crippen molar-refractivity contribution in [1.82, 2.24) is 14.9 Å². The largest absolute Gasteiger partial charge is 0.451 e. The van der Waals surface area contributed by atoms with Crippen LogP contribution in [0, 0.1) is 0 Å². The number of rotatable bonds is 4. The van der Waals surface area contributed by atoms with Crippen LogP contribution < -0.4 is 5.32 Å². The monoisotopic (exact) mass is 420 g/mol. The SMILES string of the molecule is CN1Cc2c(C3CCC(O)CC3)ccc(Nc3ccnc(C(F)(F)F)n3)c2C1C=O. The van der Waals surface area contributed by atoms with E-state index in [0.717, 1.165) is 54.9 Å². The summed E-state index contributed by atoms with van der Waals surface area (Å²) in [5.74, 6) is -0.899. The summed E-state index contributed by atoms with van der Waals surface area (Å²) >= 11 is 0. The predicted octanol–water partition coefficient (Wildman–Crippen LogP) is 3.94. The summed E-state index contributed by atoms with van der Waals surface area (Å²) in [7, 11) is 1.85. The first kappa shape index (κ1) is 20.7. The van der Waals surface area contributed by atoms with Crippen molar-refractivity contribution >= 4 is 17.8 Å². The Morgan fingerprint density at radius 1 is 1.20 bits per heavy atom. The molecule has 6 nitrogen and oxygen atoms in total. The maximum absolute atomic E-state index is 13.0. The number of aldehydes is 1. The highest BCUT2D eigenvalue weighted by atomic mass is 19.4. The molecule has 1 unspecified atom stereocenters. The van der Waals surface area contributed by atoms with Gasteiger partial charge in [-0.05, 0) is 61.9 Å². The van der Waals surface area contributed by atoms with Crippen LogP contribution in [0.15, 0.2) is 24.4 Å². The van der Waals surface area contributed by atoms with Gasteiger partial charge in [0, 0.05) is 24.0 Å². The van der Waals surface area contributed by atoms with Crippen molar-refractivity contribution < 1.29 is 23.1 Å². The topological polar surface area (TPSA) is 78.3 Å². The summed E-state index contributed by atoms with van der Waals surface area (Å²) in [6.07, 6.45) is 0.242.